The fourth-order valence-electron chi connectivity index (χ4n) is 1.98. The molecule has 0 aliphatic heterocycles. The van der Waals surface area contributed by atoms with Crippen LogP contribution >= 0.6 is 11.8 Å². The number of ether oxygens (including phenoxy) is 1. The summed E-state index contributed by atoms with van der Waals surface area (Å²) in [5, 5.41) is 17.5. The number of ketones is 1. The number of benzene rings is 1. The van der Waals surface area contributed by atoms with Gasteiger partial charge in [-0.25, -0.2) is 4.98 Å². The molecule has 0 aliphatic rings. The molecule has 0 saturated heterocycles. The second kappa shape index (κ2) is 9.44. The van der Waals surface area contributed by atoms with Gasteiger partial charge in [0.15, 0.2) is 0 Å². The standard InChI is InChI=1S/C17H23N3O3S/c1-3-16-18-17(20-19-16)24-11-14(22)10-23-15-8-6-13(7-9-15)5-4-12(2)21/h6-9,14,22H,3-5,10-11H2,1-2H3,(H,18,19,20). The van der Waals surface area contributed by atoms with E-state index in [0.717, 1.165) is 24.2 Å². The molecule has 0 aliphatic carbocycles. The average molecular weight is 349 g/mol. The molecule has 7 heteroatoms. The molecule has 2 rings (SSSR count). The van der Waals surface area contributed by atoms with Crippen LogP contribution in [0, 0.1) is 0 Å². The maximum absolute atomic E-state index is 11.0. The van der Waals surface area contributed by atoms with Crippen molar-refractivity contribution in [2.24, 2.45) is 0 Å². The number of hydrogen-bond donors (Lipinski definition) is 2. The Kier molecular flexibility index (Phi) is 7.27. The lowest BCUT2D eigenvalue weighted by Crippen LogP contribution is -2.20. The number of aliphatic hydroxyl groups is 1. The number of carbonyl (C=O) groups is 1. The molecule has 1 unspecified atom stereocenters. The van der Waals surface area contributed by atoms with E-state index >= 15 is 0 Å². The lowest BCUT2D eigenvalue weighted by Gasteiger charge is -2.11. The van der Waals surface area contributed by atoms with Crippen LogP contribution in [0.25, 0.3) is 0 Å². The van der Waals surface area contributed by atoms with E-state index in [1.54, 1.807) is 6.92 Å². The monoisotopic (exact) mass is 349 g/mol. The molecule has 0 amide bonds. The maximum Gasteiger partial charge on any atom is 0.208 e. The Morgan fingerprint density at radius 3 is 2.75 bits per heavy atom. The third-order valence-electron chi connectivity index (χ3n) is 3.38. The number of hydrogen-bond acceptors (Lipinski definition) is 6. The predicted octanol–water partition coefficient (Wildman–Crippen LogP) is 2.42. The van der Waals surface area contributed by atoms with E-state index in [1.807, 2.05) is 31.2 Å². The highest BCUT2D eigenvalue weighted by atomic mass is 32.2. The molecule has 0 bridgehead atoms. The van der Waals surface area contributed by atoms with Crippen LogP contribution in [-0.2, 0) is 17.6 Å². The lowest BCUT2D eigenvalue weighted by molar-refractivity contribution is -0.116. The summed E-state index contributed by atoms with van der Waals surface area (Å²) in [5.41, 5.74) is 1.10. The second-order valence-electron chi connectivity index (χ2n) is 5.54. The molecule has 0 saturated carbocycles. The largest absolute Gasteiger partial charge is 0.491 e. The van der Waals surface area contributed by atoms with Crippen LogP contribution in [0.15, 0.2) is 29.4 Å². The van der Waals surface area contributed by atoms with Gasteiger partial charge in [-0.3, -0.25) is 5.10 Å². The quantitative estimate of drug-likeness (QED) is 0.641. The van der Waals surface area contributed by atoms with Crippen molar-refractivity contribution in [2.75, 3.05) is 12.4 Å². The van der Waals surface area contributed by atoms with Crippen LogP contribution in [-0.4, -0.2) is 44.5 Å². The minimum atomic E-state index is -0.601. The number of aromatic nitrogens is 3. The number of aliphatic hydroxyl groups excluding tert-OH is 1. The Balaban J connectivity index is 1.70. The first-order chi connectivity index (χ1) is 11.6. The number of carbonyl (C=O) groups excluding carboxylic acids is 1. The van der Waals surface area contributed by atoms with Gasteiger partial charge in [0, 0.05) is 18.6 Å². The van der Waals surface area contributed by atoms with Crippen molar-refractivity contribution >= 4 is 17.5 Å². The molecule has 1 heterocycles. The van der Waals surface area contributed by atoms with Gasteiger partial charge in [-0.15, -0.1) is 5.10 Å². The van der Waals surface area contributed by atoms with Crippen LogP contribution in [0.4, 0.5) is 0 Å². The van der Waals surface area contributed by atoms with Gasteiger partial charge in [-0.2, -0.15) is 0 Å². The second-order valence-corrected chi connectivity index (χ2v) is 6.53. The Morgan fingerprint density at radius 2 is 2.12 bits per heavy atom. The zero-order valence-corrected chi connectivity index (χ0v) is 14.8. The van der Waals surface area contributed by atoms with E-state index in [9.17, 15) is 9.90 Å². The van der Waals surface area contributed by atoms with Crippen LogP contribution in [0.5, 0.6) is 5.75 Å². The van der Waals surface area contributed by atoms with Gasteiger partial charge in [0.05, 0.1) is 6.10 Å². The minimum absolute atomic E-state index is 0.188. The van der Waals surface area contributed by atoms with Crippen molar-refractivity contribution in [2.45, 2.75) is 44.4 Å². The van der Waals surface area contributed by atoms with Crippen molar-refractivity contribution < 1.29 is 14.6 Å². The van der Waals surface area contributed by atoms with Crippen LogP contribution in [0.3, 0.4) is 0 Å². The molecule has 6 nitrogen and oxygen atoms in total. The Labute approximate surface area is 146 Å². The highest BCUT2D eigenvalue weighted by Crippen LogP contribution is 2.16. The lowest BCUT2D eigenvalue weighted by atomic mass is 10.1. The van der Waals surface area contributed by atoms with E-state index in [4.69, 9.17) is 4.74 Å². The molecule has 24 heavy (non-hydrogen) atoms. The average Bonchev–Trinajstić information content (AvgIpc) is 3.05. The highest BCUT2D eigenvalue weighted by Gasteiger charge is 2.09. The van der Waals surface area contributed by atoms with Crippen LogP contribution in [0.2, 0.25) is 0 Å². The zero-order chi connectivity index (χ0) is 17.4. The number of rotatable bonds is 10. The first kappa shape index (κ1) is 18.5. The summed E-state index contributed by atoms with van der Waals surface area (Å²) in [4.78, 5) is 15.3. The molecule has 130 valence electrons. The molecule has 0 fully saturated rings. The molecule has 0 spiro atoms. The van der Waals surface area contributed by atoms with E-state index < -0.39 is 6.10 Å². The van der Waals surface area contributed by atoms with Crippen molar-refractivity contribution in [1.82, 2.24) is 15.2 Å². The summed E-state index contributed by atoms with van der Waals surface area (Å²) in [6.07, 6.45) is 1.50. The number of thioether (sulfide) groups is 1. The van der Waals surface area contributed by atoms with Crippen molar-refractivity contribution in [3.8, 4) is 5.75 Å². The van der Waals surface area contributed by atoms with Crippen molar-refractivity contribution in [3.05, 3.63) is 35.7 Å². The SMILES string of the molecule is CCc1nc(SCC(O)COc2ccc(CCC(C)=O)cc2)n[nH]1. The van der Waals surface area contributed by atoms with Crippen LogP contribution < -0.4 is 4.74 Å². The molecule has 0 radical (unpaired) electrons. The Bertz CT molecular complexity index is 643. The number of aryl methyl sites for hydroxylation is 2. The van der Waals surface area contributed by atoms with Gasteiger partial charge in [-0.05, 0) is 31.0 Å². The molecule has 1 aromatic carbocycles. The van der Waals surface area contributed by atoms with Gasteiger partial charge in [0.2, 0.25) is 5.16 Å². The van der Waals surface area contributed by atoms with Crippen LogP contribution in [0.1, 0.15) is 31.7 Å². The summed E-state index contributed by atoms with van der Waals surface area (Å²) in [6, 6.07) is 7.61. The summed E-state index contributed by atoms with van der Waals surface area (Å²) in [6.45, 7) is 3.81. The number of aromatic amines is 1. The fourth-order valence-corrected chi connectivity index (χ4v) is 2.71. The van der Waals surface area contributed by atoms with E-state index in [0.29, 0.717) is 23.1 Å². The summed E-state index contributed by atoms with van der Waals surface area (Å²) in [7, 11) is 0. The summed E-state index contributed by atoms with van der Waals surface area (Å²) < 4.78 is 5.58. The van der Waals surface area contributed by atoms with Crippen molar-refractivity contribution in [1.29, 1.82) is 0 Å². The fraction of sp³-hybridized carbons (Fsp3) is 0.471. The van der Waals surface area contributed by atoms with E-state index in [2.05, 4.69) is 15.2 Å². The van der Waals surface area contributed by atoms with Gasteiger partial charge < -0.3 is 14.6 Å². The predicted molar refractivity (Wildman–Crippen MR) is 93.4 cm³/mol. The third kappa shape index (κ3) is 6.33. The zero-order valence-electron chi connectivity index (χ0n) is 14.0. The molecular weight excluding hydrogens is 326 g/mol. The molecule has 1 aromatic heterocycles. The smallest absolute Gasteiger partial charge is 0.208 e. The van der Waals surface area contributed by atoms with Gasteiger partial charge in [0.1, 0.15) is 24.0 Å². The number of nitrogens with one attached hydrogen (secondary N) is 1. The molecule has 2 N–H and O–H groups in total. The Hall–Kier alpha value is -1.86. The Morgan fingerprint density at radius 1 is 1.38 bits per heavy atom. The normalized spacial score (nSPS) is 12.1. The van der Waals surface area contributed by atoms with E-state index in [-0.39, 0.29) is 12.4 Å². The van der Waals surface area contributed by atoms with Gasteiger partial charge in [0.25, 0.3) is 0 Å². The third-order valence-corrected chi connectivity index (χ3v) is 4.37. The summed E-state index contributed by atoms with van der Waals surface area (Å²) >= 11 is 1.40. The molecule has 1 atom stereocenters. The van der Waals surface area contributed by atoms with Gasteiger partial charge in [-0.1, -0.05) is 30.8 Å². The number of H-pyrrole nitrogens is 1. The number of nitrogens with zero attached hydrogens (tertiary/aromatic N) is 2. The van der Waals surface area contributed by atoms with Gasteiger partial charge >= 0.3 is 0 Å². The first-order valence-electron chi connectivity index (χ1n) is 8.00. The topological polar surface area (TPSA) is 88.1 Å². The number of Topliss-reactive ketones (excluding diaryl/α,β-unsaturated/α-hetero) is 1. The minimum Gasteiger partial charge on any atom is -0.491 e. The van der Waals surface area contributed by atoms with Crippen molar-refractivity contribution in [3.63, 3.8) is 0 Å². The maximum atomic E-state index is 11.0. The highest BCUT2D eigenvalue weighted by molar-refractivity contribution is 7.99. The first-order valence-corrected chi connectivity index (χ1v) is 8.98. The van der Waals surface area contributed by atoms with E-state index in [1.165, 1.54) is 11.8 Å². The molecular formula is C17H23N3O3S. The molecule has 2 aromatic rings. The summed E-state index contributed by atoms with van der Waals surface area (Å²) in [5.74, 6) is 2.20.